The van der Waals surface area contributed by atoms with Crippen LogP contribution in [0.1, 0.15) is 28.5 Å². The van der Waals surface area contributed by atoms with E-state index in [-0.39, 0.29) is 28.9 Å². The molecule has 0 aliphatic heterocycles. The largest absolute Gasteiger partial charge is 0.461 e. The van der Waals surface area contributed by atoms with E-state index in [0.717, 1.165) is 40.5 Å². The average Bonchev–Trinajstić information content (AvgIpc) is 3.18. The van der Waals surface area contributed by atoms with Gasteiger partial charge in [-0.15, -0.1) is 11.3 Å². The minimum atomic E-state index is -4.70. The summed E-state index contributed by atoms with van der Waals surface area (Å²) in [6.45, 7) is 1.67. The summed E-state index contributed by atoms with van der Waals surface area (Å²) in [7, 11) is 0. The zero-order valence-corrected chi connectivity index (χ0v) is 17.5. The molecule has 2 aromatic heterocycles. The molecule has 32 heavy (non-hydrogen) atoms. The Morgan fingerprint density at radius 1 is 1.09 bits per heavy atom. The van der Waals surface area contributed by atoms with Gasteiger partial charge in [0.05, 0.1) is 22.8 Å². The zero-order chi connectivity index (χ0) is 23.7. The van der Waals surface area contributed by atoms with Gasteiger partial charge in [0.15, 0.2) is 16.6 Å². The molecule has 0 fully saturated rings. The number of pyridine rings is 1. The van der Waals surface area contributed by atoms with Gasteiger partial charge in [-0.2, -0.15) is 26.3 Å². The lowest BCUT2D eigenvalue weighted by Gasteiger charge is -2.23. The number of ether oxygens (including phenoxy) is 1. The number of anilines is 3. The van der Waals surface area contributed by atoms with E-state index < -0.39 is 34.5 Å². The minimum Gasteiger partial charge on any atom is -0.461 e. The fourth-order valence-electron chi connectivity index (χ4n) is 2.54. The summed E-state index contributed by atoms with van der Waals surface area (Å²) >= 11 is 6.95. The molecular weight excluding hydrogens is 484 g/mol. The van der Waals surface area contributed by atoms with Crippen LogP contribution in [0.4, 0.5) is 43.0 Å². The van der Waals surface area contributed by atoms with Crippen LogP contribution in [-0.4, -0.2) is 22.5 Å². The number of nitrogens with zero attached hydrogens (tertiary/aromatic N) is 3. The van der Waals surface area contributed by atoms with Crippen LogP contribution in [0, 0.1) is 0 Å². The van der Waals surface area contributed by atoms with Crippen LogP contribution < -0.4 is 4.90 Å². The molecule has 0 N–H and O–H groups in total. The van der Waals surface area contributed by atoms with Crippen molar-refractivity contribution in [1.82, 2.24) is 9.97 Å². The molecular formula is C19H12ClF6N3O2S. The first kappa shape index (κ1) is 23.8. The summed E-state index contributed by atoms with van der Waals surface area (Å²) < 4.78 is 82.6. The number of aromatic nitrogens is 2. The van der Waals surface area contributed by atoms with E-state index in [2.05, 4.69) is 9.97 Å². The zero-order valence-electron chi connectivity index (χ0n) is 16.0. The van der Waals surface area contributed by atoms with E-state index in [1.807, 2.05) is 0 Å². The number of benzene rings is 1. The van der Waals surface area contributed by atoms with Crippen LogP contribution in [0.15, 0.2) is 41.9 Å². The van der Waals surface area contributed by atoms with E-state index in [4.69, 9.17) is 16.3 Å². The molecule has 0 aliphatic carbocycles. The number of hydrogen-bond acceptors (Lipinski definition) is 6. The van der Waals surface area contributed by atoms with Crippen molar-refractivity contribution in [3.8, 4) is 0 Å². The fourth-order valence-corrected chi connectivity index (χ4v) is 3.60. The van der Waals surface area contributed by atoms with E-state index in [1.165, 1.54) is 5.38 Å². The second kappa shape index (κ2) is 8.94. The van der Waals surface area contributed by atoms with Crippen molar-refractivity contribution in [1.29, 1.82) is 0 Å². The van der Waals surface area contributed by atoms with Gasteiger partial charge in [0.2, 0.25) is 0 Å². The van der Waals surface area contributed by atoms with E-state index >= 15 is 0 Å². The van der Waals surface area contributed by atoms with Gasteiger partial charge in [0.25, 0.3) is 0 Å². The van der Waals surface area contributed by atoms with Gasteiger partial charge in [-0.25, -0.2) is 14.8 Å². The molecule has 0 spiro atoms. The van der Waals surface area contributed by atoms with Crippen molar-refractivity contribution in [3.63, 3.8) is 0 Å². The second-order valence-electron chi connectivity index (χ2n) is 6.14. The molecule has 13 heteroatoms. The first-order chi connectivity index (χ1) is 14.9. The Labute approximate surface area is 186 Å². The molecule has 5 nitrogen and oxygen atoms in total. The molecule has 0 unspecified atom stereocenters. The lowest BCUT2D eigenvalue weighted by Crippen LogP contribution is -2.15. The number of carbonyl (C=O) groups excluding carboxylic acids is 1. The number of alkyl halides is 6. The van der Waals surface area contributed by atoms with Gasteiger partial charge >= 0.3 is 18.3 Å². The third kappa shape index (κ3) is 5.13. The molecule has 0 atom stereocenters. The van der Waals surface area contributed by atoms with Gasteiger partial charge in [0, 0.05) is 17.3 Å². The summed E-state index contributed by atoms with van der Waals surface area (Å²) in [5.41, 5.74) is -2.05. The third-order valence-corrected chi connectivity index (χ3v) is 5.09. The maximum absolute atomic E-state index is 13.0. The van der Waals surface area contributed by atoms with Gasteiger partial charge in [-0.1, -0.05) is 11.6 Å². The lowest BCUT2D eigenvalue weighted by molar-refractivity contribution is -0.138. The Kier molecular flexibility index (Phi) is 6.65. The van der Waals surface area contributed by atoms with Crippen LogP contribution in [0.25, 0.3) is 0 Å². The van der Waals surface area contributed by atoms with Crippen LogP contribution in [0.2, 0.25) is 5.02 Å². The van der Waals surface area contributed by atoms with Crippen molar-refractivity contribution in [2.75, 3.05) is 11.5 Å². The smallest absolute Gasteiger partial charge is 0.417 e. The number of carbonyl (C=O) groups is 1. The van der Waals surface area contributed by atoms with Crippen LogP contribution in [0.5, 0.6) is 0 Å². The Bertz CT molecular complexity index is 1120. The fraction of sp³-hybridized carbons (Fsp3) is 0.211. The Morgan fingerprint density at radius 2 is 1.72 bits per heavy atom. The van der Waals surface area contributed by atoms with Crippen LogP contribution in [0.3, 0.4) is 0 Å². The van der Waals surface area contributed by atoms with Crippen molar-refractivity contribution in [3.05, 3.63) is 63.8 Å². The summed E-state index contributed by atoms with van der Waals surface area (Å²) in [5, 5.41) is 0.942. The number of halogens is 7. The first-order valence-electron chi connectivity index (χ1n) is 8.74. The van der Waals surface area contributed by atoms with Crippen molar-refractivity contribution < 1.29 is 35.9 Å². The standard InChI is InChI=1S/C19H12ClF6N3O2S/c1-2-31-16(30)14-9-32-17(28-14)29(12-5-3-10(4-6-12)18(21,22)23)15-13(20)7-11(8-27-15)19(24,25)26/h3-9H,2H2,1H3. The molecule has 3 rings (SSSR count). The van der Waals surface area contributed by atoms with E-state index in [1.54, 1.807) is 6.92 Å². The molecule has 3 aromatic rings. The number of esters is 1. The Hall–Kier alpha value is -2.86. The second-order valence-corrected chi connectivity index (χ2v) is 7.39. The van der Waals surface area contributed by atoms with Gasteiger partial charge in [-0.05, 0) is 37.3 Å². The molecule has 2 heterocycles. The predicted molar refractivity (Wildman–Crippen MR) is 106 cm³/mol. The summed E-state index contributed by atoms with van der Waals surface area (Å²) in [6.07, 6.45) is -8.75. The highest BCUT2D eigenvalue weighted by Crippen LogP contribution is 2.41. The molecule has 0 aliphatic rings. The van der Waals surface area contributed by atoms with Gasteiger partial charge < -0.3 is 4.74 Å². The number of rotatable bonds is 5. The van der Waals surface area contributed by atoms with Gasteiger partial charge in [0.1, 0.15) is 0 Å². The van der Waals surface area contributed by atoms with Crippen LogP contribution in [-0.2, 0) is 17.1 Å². The third-order valence-electron chi connectivity index (χ3n) is 3.98. The molecule has 170 valence electrons. The summed E-state index contributed by atoms with van der Waals surface area (Å²) in [4.78, 5) is 20.9. The maximum Gasteiger partial charge on any atom is 0.417 e. The van der Waals surface area contributed by atoms with E-state index in [0.29, 0.717) is 12.3 Å². The van der Waals surface area contributed by atoms with Gasteiger partial charge in [-0.3, -0.25) is 4.90 Å². The average molecular weight is 496 g/mol. The highest BCUT2D eigenvalue weighted by molar-refractivity contribution is 7.14. The summed E-state index contributed by atoms with van der Waals surface area (Å²) in [6, 6.07) is 4.40. The molecule has 0 radical (unpaired) electrons. The topological polar surface area (TPSA) is 55.3 Å². The van der Waals surface area contributed by atoms with Crippen LogP contribution >= 0.6 is 22.9 Å². The normalized spacial score (nSPS) is 12.0. The SMILES string of the molecule is CCOC(=O)c1csc(N(c2ccc(C(F)(F)F)cc2)c2ncc(C(F)(F)F)cc2Cl)n1. The van der Waals surface area contributed by atoms with E-state index in [9.17, 15) is 31.1 Å². The molecule has 0 saturated heterocycles. The molecule has 1 aromatic carbocycles. The highest BCUT2D eigenvalue weighted by Gasteiger charge is 2.33. The molecule has 0 saturated carbocycles. The van der Waals surface area contributed by atoms with Crippen molar-refractivity contribution in [2.45, 2.75) is 19.3 Å². The maximum atomic E-state index is 13.0. The predicted octanol–water partition coefficient (Wildman–Crippen LogP) is 6.88. The first-order valence-corrected chi connectivity index (χ1v) is 10.0. The lowest BCUT2D eigenvalue weighted by atomic mass is 10.2. The number of thiazole rings is 1. The molecule has 0 amide bonds. The summed E-state index contributed by atoms with van der Waals surface area (Å²) in [5.74, 6) is -0.960. The Balaban J connectivity index is 2.11. The van der Waals surface area contributed by atoms with Crippen molar-refractivity contribution in [2.24, 2.45) is 0 Å². The van der Waals surface area contributed by atoms with Crippen molar-refractivity contribution >= 4 is 45.5 Å². The monoisotopic (exact) mass is 495 g/mol. The minimum absolute atomic E-state index is 0.0296. The quantitative estimate of drug-likeness (QED) is 0.285. The Morgan fingerprint density at radius 3 is 2.25 bits per heavy atom. The highest BCUT2D eigenvalue weighted by atomic mass is 35.5. The molecule has 0 bridgehead atoms. The number of hydrogen-bond donors (Lipinski definition) is 0.